The fourth-order valence-electron chi connectivity index (χ4n) is 2.08. The Morgan fingerprint density at radius 2 is 1.67 bits per heavy atom. The van der Waals surface area contributed by atoms with Gasteiger partial charge < -0.3 is 5.32 Å². The molecule has 21 heavy (non-hydrogen) atoms. The highest BCUT2D eigenvalue weighted by atomic mass is 35.5. The second-order valence-electron chi connectivity index (χ2n) is 4.63. The molecule has 0 spiro atoms. The Kier molecular flexibility index (Phi) is 7.11. The summed E-state index contributed by atoms with van der Waals surface area (Å²) < 4.78 is 27.3. The first-order valence-electron chi connectivity index (χ1n) is 6.83. The monoisotopic (exact) mass is 328 g/mol. The molecule has 0 saturated carbocycles. The summed E-state index contributed by atoms with van der Waals surface area (Å²) in [4.78, 5) is 0.339. The van der Waals surface area contributed by atoms with Crippen LogP contribution in [0.5, 0.6) is 0 Å². The normalized spacial score (nSPS) is 11.3. The molecular formula is C15H21ClN2O2S. The SMILES string of the molecule is CCCNCCNS(=O)(=O)c1cccc2ccccc12.Cl. The lowest BCUT2D eigenvalue weighted by molar-refractivity contribution is 0.576. The van der Waals surface area contributed by atoms with Crippen molar-refractivity contribution in [2.45, 2.75) is 18.2 Å². The molecule has 0 radical (unpaired) electrons. The number of rotatable bonds is 7. The van der Waals surface area contributed by atoms with Gasteiger partial charge in [0.2, 0.25) is 10.0 Å². The molecule has 2 rings (SSSR count). The molecule has 0 bridgehead atoms. The molecule has 0 unspecified atom stereocenters. The molecule has 6 heteroatoms. The summed E-state index contributed by atoms with van der Waals surface area (Å²) in [6.45, 7) is 4.01. The van der Waals surface area contributed by atoms with E-state index in [4.69, 9.17) is 0 Å². The highest BCUT2D eigenvalue weighted by Crippen LogP contribution is 2.22. The first-order chi connectivity index (χ1) is 9.65. The quantitative estimate of drug-likeness (QED) is 0.768. The van der Waals surface area contributed by atoms with Crippen molar-refractivity contribution < 1.29 is 8.42 Å². The average Bonchev–Trinajstić information content (AvgIpc) is 2.46. The number of hydrogen-bond donors (Lipinski definition) is 2. The second kappa shape index (κ2) is 8.34. The van der Waals surface area contributed by atoms with Gasteiger partial charge in [0.05, 0.1) is 4.90 Å². The first kappa shape index (κ1) is 17.9. The zero-order valence-electron chi connectivity index (χ0n) is 12.0. The van der Waals surface area contributed by atoms with E-state index in [1.807, 2.05) is 30.3 Å². The van der Waals surface area contributed by atoms with E-state index >= 15 is 0 Å². The van der Waals surface area contributed by atoms with Gasteiger partial charge in [-0.05, 0) is 24.4 Å². The van der Waals surface area contributed by atoms with E-state index in [1.54, 1.807) is 12.1 Å². The average molecular weight is 329 g/mol. The summed E-state index contributed by atoms with van der Waals surface area (Å²) in [5.41, 5.74) is 0. The van der Waals surface area contributed by atoms with E-state index in [1.165, 1.54) is 0 Å². The van der Waals surface area contributed by atoms with Crippen molar-refractivity contribution in [1.29, 1.82) is 0 Å². The fourth-order valence-corrected chi connectivity index (χ4v) is 3.34. The zero-order valence-corrected chi connectivity index (χ0v) is 13.6. The van der Waals surface area contributed by atoms with Crippen molar-refractivity contribution in [3.05, 3.63) is 42.5 Å². The van der Waals surface area contributed by atoms with E-state index in [9.17, 15) is 8.42 Å². The Balaban J connectivity index is 0.00000220. The third-order valence-corrected chi connectivity index (χ3v) is 4.58. The van der Waals surface area contributed by atoms with Crippen molar-refractivity contribution in [2.24, 2.45) is 0 Å². The van der Waals surface area contributed by atoms with Crippen molar-refractivity contribution in [3.8, 4) is 0 Å². The van der Waals surface area contributed by atoms with Crippen molar-refractivity contribution >= 4 is 33.2 Å². The largest absolute Gasteiger partial charge is 0.315 e. The van der Waals surface area contributed by atoms with E-state index < -0.39 is 10.0 Å². The third kappa shape index (κ3) is 4.68. The van der Waals surface area contributed by atoms with Crippen LogP contribution in [0.1, 0.15) is 13.3 Å². The van der Waals surface area contributed by atoms with Gasteiger partial charge in [-0.3, -0.25) is 0 Å². The summed E-state index contributed by atoms with van der Waals surface area (Å²) in [6, 6.07) is 12.8. The van der Waals surface area contributed by atoms with Gasteiger partial charge in [-0.15, -0.1) is 12.4 Å². The molecule has 0 heterocycles. The molecule has 0 saturated heterocycles. The number of benzene rings is 2. The Labute approximate surface area is 132 Å². The number of nitrogens with one attached hydrogen (secondary N) is 2. The lowest BCUT2D eigenvalue weighted by Gasteiger charge is -2.10. The molecule has 0 aliphatic rings. The number of halogens is 1. The molecular weight excluding hydrogens is 308 g/mol. The van der Waals surface area contributed by atoms with Gasteiger partial charge in [-0.25, -0.2) is 13.1 Å². The van der Waals surface area contributed by atoms with E-state index in [2.05, 4.69) is 17.0 Å². The van der Waals surface area contributed by atoms with Gasteiger partial charge in [0.15, 0.2) is 0 Å². The second-order valence-corrected chi connectivity index (χ2v) is 6.36. The van der Waals surface area contributed by atoms with E-state index in [-0.39, 0.29) is 12.4 Å². The van der Waals surface area contributed by atoms with Gasteiger partial charge in [-0.2, -0.15) is 0 Å². The minimum atomic E-state index is -3.46. The van der Waals surface area contributed by atoms with Crippen molar-refractivity contribution in [3.63, 3.8) is 0 Å². The fraction of sp³-hybridized carbons (Fsp3) is 0.333. The summed E-state index contributed by atoms with van der Waals surface area (Å²) in [5.74, 6) is 0. The number of hydrogen-bond acceptors (Lipinski definition) is 3. The van der Waals surface area contributed by atoms with Crippen molar-refractivity contribution in [1.82, 2.24) is 10.0 Å². The Morgan fingerprint density at radius 3 is 2.43 bits per heavy atom. The maximum absolute atomic E-state index is 12.3. The van der Waals surface area contributed by atoms with Crippen LogP contribution in [0.4, 0.5) is 0 Å². The molecule has 0 aliphatic heterocycles. The van der Waals surface area contributed by atoms with Crippen LogP contribution >= 0.6 is 12.4 Å². The van der Waals surface area contributed by atoms with Crippen LogP contribution in [-0.2, 0) is 10.0 Å². The molecule has 0 aliphatic carbocycles. The van der Waals surface area contributed by atoms with Gasteiger partial charge in [0.25, 0.3) is 0 Å². The lowest BCUT2D eigenvalue weighted by atomic mass is 10.1. The highest BCUT2D eigenvalue weighted by molar-refractivity contribution is 7.89. The minimum absolute atomic E-state index is 0. The van der Waals surface area contributed by atoms with Gasteiger partial charge in [0.1, 0.15) is 0 Å². The van der Waals surface area contributed by atoms with Gasteiger partial charge in [-0.1, -0.05) is 43.3 Å². The van der Waals surface area contributed by atoms with Crippen LogP contribution in [0.2, 0.25) is 0 Å². The molecule has 0 atom stereocenters. The van der Waals surface area contributed by atoms with Crippen molar-refractivity contribution in [2.75, 3.05) is 19.6 Å². The Morgan fingerprint density at radius 1 is 0.952 bits per heavy atom. The Bertz CT molecular complexity index is 669. The summed E-state index contributed by atoms with van der Waals surface area (Å²) >= 11 is 0. The predicted molar refractivity (Wildman–Crippen MR) is 89.5 cm³/mol. The Hall–Kier alpha value is -1.14. The van der Waals surface area contributed by atoms with Crippen LogP contribution in [0, 0.1) is 0 Å². The lowest BCUT2D eigenvalue weighted by Crippen LogP contribution is -2.32. The molecule has 2 N–H and O–H groups in total. The molecule has 0 amide bonds. The maximum Gasteiger partial charge on any atom is 0.241 e. The molecule has 4 nitrogen and oxygen atoms in total. The number of sulfonamides is 1. The van der Waals surface area contributed by atoms with Gasteiger partial charge in [0, 0.05) is 18.5 Å². The van der Waals surface area contributed by atoms with E-state index in [0.29, 0.717) is 18.0 Å². The standard InChI is InChI=1S/C15H20N2O2S.ClH/c1-2-10-16-11-12-17-20(18,19)15-9-5-7-13-6-3-4-8-14(13)15;/h3-9,16-17H,2,10-12H2,1H3;1H. The summed E-state index contributed by atoms with van der Waals surface area (Å²) in [6.07, 6.45) is 1.04. The van der Waals surface area contributed by atoms with E-state index in [0.717, 1.165) is 23.7 Å². The topological polar surface area (TPSA) is 58.2 Å². The predicted octanol–water partition coefficient (Wildman–Crippen LogP) is 2.54. The molecule has 0 aromatic heterocycles. The van der Waals surface area contributed by atoms with Gasteiger partial charge >= 0.3 is 0 Å². The molecule has 0 fully saturated rings. The smallest absolute Gasteiger partial charge is 0.241 e. The summed E-state index contributed by atoms with van der Waals surface area (Å²) in [5, 5.41) is 4.85. The van der Waals surface area contributed by atoms with Crippen LogP contribution in [-0.4, -0.2) is 28.1 Å². The van der Waals surface area contributed by atoms with Crippen LogP contribution in [0.3, 0.4) is 0 Å². The minimum Gasteiger partial charge on any atom is -0.315 e. The molecule has 2 aromatic carbocycles. The summed E-state index contributed by atoms with van der Waals surface area (Å²) in [7, 11) is -3.46. The zero-order chi connectivity index (χ0) is 14.4. The van der Waals surface area contributed by atoms with Crippen LogP contribution < -0.4 is 10.0 Å². The first-order valence-corrected chi connectivity index (χ1v) is 8.31. The molecule has 2 aromatic rings. The highest BCUT2D eigenvalue weighted by Gasteiger charge is 2.15. The number of fused-ring (bicyclic) bond motifs is 1. The third-order valence-electron chi connectivity index (χ3n) is 3.06. The van der Waals surface area contributed by atoms with Crippen LogP contribution in [0.15, 0.2) is 47.4 Å². The van der Waals surface area contributed by atoms with Crippen LogP contribution in [0.25, 0.3) is 10.8 Å². The molecule has 116 valence electrons. The maximum atomic E-state index is 12.3.